The van der Waals surface area contributed by atoms with Gasteiger partial charge in [-0.25, -0.2) is 28.2 Å². The molecule has 1 atom stereocenters. The smallest absolute Gasteiger partial charge is 0.374 e. The fourth-order valence-electron chi connectivity index (χ4n) is 3.75. The van der Waals surface area contributed by atoms with E-state index in [-0.39, 0.29) is 5.39 Å². The first-order valence-electron chi connectivity index (χ1n) is 11.3. The van der Waals surface area contributed by atoms with E-state index in [0.29, 0.717) is 18.6 Å². The molecule has 0 unspecified atom stereocenters. The number of rotatable bonds is 6. The number of hydrogen-bond donors (Lipinski definition) is 2. The number of allylic oxidation sites excluding steroid dienone is 1. The normalized spacial score (nSPS) is 13.5. The summed E-state index contributed by atoms with van der Waals surface area (Å²) in [6.45, 7) is 0.563. The molecule has 1 aromatic carbocycles. The molecular weight excluding hydrogens is 575 g/mol. The van der Waals surface area contributed by atoms with Gasteiger partial charge >= 0.3 is 12.4 Å². The van der Waals surface area contributed by atoms with Crippen LogP contribution in [0.1, 0.15) is 18.1 Å². The van der Waals surface area contributed by atoms with Gasteiger partial charge in [0, 0.05) is 25.1 Å². The van der Waals surface area contributed by atoms with Crippen LogP contribution in [0.2, 0.25) is 0 Å². The molecule has 4 aromatic rings. The molecule has 0 amide bonds. The van der Waals surface area contributed by atoms with Crippen molar-refractivity contribution >= 4 is 16.5 Å². The minimum atomic E-state index is -5.07. The van der Waals surface area contributed by atoms with Gasteiger partial charge in [0.05, 0.1) is 34.4 Å². The molecule has 4 rings (SSSR count). The van der Waals surface area contributed by atoms with Crippen LogP contribution in [0.15, 0.2) is 58.4 Å². The molecule has 0 fully saturated rings. The third-order valence-corrected chi connectivity index (χ3v) is 5.77. The molecule has 0 aliphatic carbocycles. The Morgan fingerprint density at radius 3 is 2.32 bits per heavy atom. The van der Waals surface area contributed by atoms with Crippen molar-refractivity contribution in [2.24, 2.45) is 0 Å². The SMILES string of the molecule is C[C@H](Nc1cn[nH]c(=O)c1C(F)(F)F)/C(F)=C/Cn1ccc2cc(-c3ncc(C(F)(F)F)cn3)c(F)c(F)c2c1=O. The first kappa shape index (κ1) is 29.3. The molecule has 0 radical (unpaired) electrons. The summed E-state index contributed by atoms with van der Waals surface area (Å²) in [5, 5.41) is 6.13. The Kier molecular flexibility index (Phi) is 7.64. The number of halogens is 9. The Balaban J connectivity index is 1.62. The van der Waals surface area contributed by atoms with Gasteiger partial charge in [0.1, 0.15) is 11.4 Å². The molecule has 17 heteroatoms. The lowest BCUT2D eigenvalue weighted by atomic mass is 10.1. The number of aromatic nitrogens is 5. The summed E-state index contributed by atoms with van der Waals surface area (Å²) < 4.78 is 123. The Hall–Kier alpha value is -4.70. The Labute approximate surface area is 222 Å². The summed E-state index contributed by atoms with van der Waals surface area (Å²) >= 11 is 0. The first-order chi connectivity index (χ1) is 19.1. The van der Waals surface area contributed by atoms with Gasteiger partial charge in [-0.3, -0.25) is 9.59 Å². The number of benzene rings is 1. The molecule has 0 aliphatic rings. The van der Waals surface area contributed by atoms with E-state index < -0.39 is 87.1 Å². The fraction of sp³-hybridized carbons (Fsp3) is 0.208. The second-order valence-electron chi connectivity index (χ2n) is 8.52. The number of H-pyrrole nitrogens is 1. The maximum atomic E-state index is 14.9. The van der Waals surface area contributed by atoms with E-state index in [1.807, 2.05) is 0 Å². The summed E-state index contributed by atoms with van der Waals surface area (Å²) in [6.07, 6.45) is -6.55. The molecule has 0 aliphatic heterocycles. The predicted molar refractivity (Wildman–Crippen MR) is 126 cm³/mol. The van der Waals surface area contributed by atoms with E-state index in [1.165, 1.54) is 0 Å². The van der Waals surface area contributed by atoms with Crippen molar-refractivity contribution in [2.75, 3.05) is 5.32 Å². The highest BCUT2D eigenvalue weighted by Crippen LogP contribution is 2.33. The lowest BCUT2D eigenvalue weighted by Gasteiger charge is -2.17. The third-order valence-electron chi connectivity index (χ3n) is 5.77. The van der Waals surface area contributed by atoms with Gasteiger partial charge in [0.2, 0.25) is 0 Å². The Bertz CT molecular complexity index is 1760. The minimum absolute atomic E-state index is 0.162. The summed E-state index contributed by atoms with van der Waals surface area (Å²) in [5.74, 6) is -4.90. The first-order valence-corrected chi connectivity index (χ1v) is 11.3. The van der Waals surface area contributed by atoms with Crippen LogP contribution in [0.25, 0.3) is 22.2 Å². The zero-order chi connectivity index (χ0) is 30.3. The second kappa shape index (κ2) is 10.7. The number of aromatic amines is 1. The predicted octanol–water partition coefficient (Wildman–Crippen LogP) is 5.21. The van der Waals surface area contributed by atoms with Crippen molar-refractivity contribution in [1.82, 2.24) is 24.7 Å². The lowest BCUT2D eigenvalue weighted by molar-refractivity contribution is -0.139. The number of fused-ring (bicyclic) bond motifs is 1. The lowest BCUT2D eigenvalue weighted by Crippen LogP contribution is -2.27. The van der Waals surface area contributed by atoms with Gasteiger partial charge in [-0.05, 0) is 30.5 Å². The van der Waals surface area contributed by atoms with Crippen LogP contribution >= 0.6 is 0 Å². The van der Waals surface area contributed by atoms with Crippen LogP contribution in [0.3, 0.4) is 0 Å². The van der Waals surface area contributed by atoms with Crippen LogP contribution in [0.5, 0.6) is 0 Å². The van der Waals surface area contributed by atoms with E-state index in [9.17, 15) is 49.1 Å². The zero-order valence-corrected chi connectivity index (χ0v) is 20.3. The maximum absolute atomic E-state index is 14.9. The van der Waals surface area contributed by atoms with E-state index in [0.717, 1.165) is 35.9 Å². The van der Waals surface area contributed by atoms with Gasteiger partial charge in [0.25, 0.3) is 11.1 Å². The van der Waals surface area contributed by atoms with Gasteiger partial charge in [0.15, 0.2) is 17.5 Å². The second-order valence-corrected chi connectivity index (χ2v) is 8.52. The van der Waals surface area contributed by atoms with Gasteiger partial charge in [-0.15, -0.1) is 0 Å². The van der Waals surface area contributed by atoms with Gasteiger partial charge in [-0.2, -0.15) is 31.4 Å². The van der Waals surface area contributed by atoms with Gasteiger partial charge in [-0.1, -0.05) is 0 Å². The minimum Gasteiger partial charge on any atom is -0.374 e. The number of nitrogens with one attached hydrogen (secondary N) is 2. The highest BCUT2D eigenvalue weighted by molar-refractivity contribution is 5.86. The quantitative estimate of drug-likeness (QED) is 0.299. The van der Waals surface area contributed by atoms with Crippen molar-refractivity contribution < 1.29 is 39.5 Å². The molecular formula is C24H15F9N6O2. The molecule has 41 heavy (non-hydrogen) atoms. The molecule has 0 spiro atoms. The van der Waals surface area contributed by atoms with Crippen LogP contribution in [-0.4, -0.2) is 30.8 Å². The maximum Gasteiger partial charge on any atom is 0.423 e. The van der Waals surface area contributed by atoms with E-state index in [4.69, 9.17) is 0 Å². The molecule has 8 nitrogen and oxygen atoms in total. The Morgan fingerprint density at radius 1 is 1.05 bits per heavy atom. The number of anilines is 1. The summed E-state index contributed by atoms with van der Waals surface area (Å²) in [5.41, 5.74) is -6.92. The zero-order valence-electron chi connectivity index (χ0n) is 20.3. The fourth-order valence-corrected chi connectivity index (χ4v) is 3.75. The average molecular weight is 590 g/mol. The van der Waals surface area contributed by atoms with Crippen molar-refractivity contribution in [3.05, 3.63) is 92.3 Å². The van der Waals surface area contributed by atoms with Crippen molar-refractivity contribution in [3.8, 4) is 11.4 Å². The highest BCUT2D eigenvalue weighted by atomic mass is 19.4. The Morgan fingerprint density at radius 2 is 1.71 bits per heavy atom. The van der Waals surface area contributed by atoms with Crippen molar-refractivity contribution in [2.45, 2.75) is 31.9 Å². The molecule has 0 bridgehead atoms. The summed E-state index contributed by atoms with van der Waals surface area (Å²) in [4.78, 5) is 31.2. The largest absolute Gasteiger partial charge is 0.423 e. The van der Waals surface area contributed by atoms with E-state index in [1.54, 1.807) is 5.10 Å². The highest BCUT2D eigenvalue weighted by Gasteiger charge is 2.38. The monoisotopic (exact) mass is 590 g/mol. The van der Waals surface area contributed by atoms with E-state index >= 15 is 0 Å². The summed E-state index contributed by atoms with van der Waals surface area (Å²) in [6, 6.07) is 0.673. The average Bonchev–Trinajstić information content (AvgIpc) is 2.88. The molecule has 0 saturated heterocycles. The molecule has 216 valence electrons. The topological polar surface area (TPSA) is 106 Å². The number of hydrogen-bond acceptors (Lipinski definition) is 6. The van der Waals surface area contributed by atoms with Crippen LogP contribution in [0, 0.1) is 11.6 Å². The van der Waals surface area contributed by atoms with Gasteiger partial charge < -0.3 is 9.88 Å². The molecule has 3 heterocycles. The molecule has 2 N–H and O–H groups in total. The molecule has 3 aromatic heterocycles. The van der Waals surface area contributed by atoms with Crippen molar-refractivity contribution in [1.29, 1.82) is 0 Å². The van der Waals surface area contributed by atoms with Crippen LogP contribution in [-0.2, 0) is 18.9 Å². The van der Waals surface area contributed by atoms with Crippen LogP contribution < -0.4 is 16.4 Å². The van der Waals surface area contributed by atoms with Crippen LogP contribution in [0.4, 0.5) is 45.2 Å². The number of pyridine rings is 1. The van der Waals surface area contributed by atoms with Crippen molar-refractivity contribution in [3.63, 3.8) is 0 Å². The molecule has 0 saturated carbocycles. The third kappa shape index (κ3) is 5.92. The standard InChI is InChI=1S/C24H15F9N6O2/c1-10(37-15-9-36-38-21(40)17(15)24(31,32)33)14(25)3-5-39-4-2-11-6-13(18(26)19(27)16(11)22(39)41)20-34-7-12(8-35-20)23(28,29)30/h2-4,6-10H,5H2,1H3,(H2,37,38,40)/b14-3-/t10-/m0/s1. The summed E-state index contributed by atoms with van der Waals surface area (Å²) in [7, 11) is 0. The number of alkyl halides is 6. The van der Waals surface area contributed by atoms with E-state index in [2.05, 4.69) is 20.4 Å². The number of nitrogens with zero attached hydrogens (tertiary/aromatic N) is 4.